The molecule has 10 atom stereocenters. The molecule has 2 aliphatic heterocycles. The second kappa shape index (κ2) is 16.9. The second-order valence-electron chi connectivity index (χ2n) is 16.9. The largest absolute Gasteiger partial charge is 0.504 e. The SMILES string of the molecule is C[C@@H]1CC[C@@H](/C(CNC(=O)CN(C)CC(=O)NC/C(=C(/O)C(F)(F)F)[C@@H]2CC[C@@H](C)[C@@H]3CCC(C)(O)OC[C@]23O)=C(\O)C(F)(F)F)[C@@]2(O)COC(C)(O)CC[C@@H]12. The zero-order valence-electron chi connectivity index (χ0n) is 32.4. The van der Waals surface area contributed by atoms with Gasteiger partial charge in [0.1, 0.15) is 0 Å². The zero-order valence-corrected chi connectivity index (χ0v) is 32.4. The minimum absolute atomic E-state index is 0.0111. The number of carbonyl (C=O) groups excluding carboxylic acids is 2. The fraction of sp³-hybridized carbons (Fsp3) is 0.838. The van der Waals surface area contributed by atoms with E-state index in [1.165, 1.54) is 20.9 Å². The van der Waals surface area contributed by atoms with Crippen LogP contribution in [0, 0.1) is 35.5 Å². The van der Waals surface area contributed by atoms with Crippen molar-refractivity contribution in [3.8, 4) is 0 Å². The fourth-order valence-electron chi connectivity index (χ4n) is 9.39. The van der Waals surface area contributed by atoms with Crippen LogP contribution in [0.15, 0.2) is 22.7 Å². The smallest absolute Gasteiger partial charge is 0.448 e. The number of likely N-dealkylation sites (N-methyl/N-ethyl adjacent to an activating group) is 1. The van der Waals surface area contributed by atoms with E-state index in [1.54, 1.807) is 0 Å². The summed E-state index contributed by atoms with van der Waals surface area (Å²) in [7, 11) is 1.29. The molecule has 8 N–H and O–H groups in total. The van der Waals surface area contributed by atoms with Crippen LogP contribution in [0.3, 0.4) is 0 Å². The van der Waals surface area contributed by atoms with Crippen LogP contribution in [0.25, 0.3) is 0 Å². The average Bonchev–Trinajstić information content (AvgIpc) is 3.28. The number of amides is 2. The predicted octanol–water partition coefficient (Wildman–Crippen LogP) is 3.72. The van der Waals surface area contributed by atoms with Gasteiger partial charge >= 0.3 is 12.4 Å². The molecular weight excluding hydrogens is 760 g/mol. The van der Waals surface area contributed by atoms with Crippen molar-refractivity contribution in [1.29, 1.82) is 0 Å². The number of allylic oxidation sites excluding steroid dienone is 2. The van der Waals surface area contributed by atoms with Crippen molar-refractivity contribution >= 4 is 11.8 Å². The molecule has 4 rings (SSSR count). The van der Waals surface area contributed by atoms with Gasteiger partial charge in [-0.25, -0.2) is 0 Å². The molecule has 4 fully saturated rings. The number of aliphatic hydroxyl groups excluding tert-OH is 2. The number of halogens is 6. The first-order valence-electron chi connectivity index (χ1n) is 19.0. The van der Waals surface area contributed by atoms with Crippen molar-refractivity contribution < 1.29 is 76.0 Å². The van der Waals surface area contributed by atoms with E-state index in [1.807, 2.05) is 13.8 Å². The number of hydrogen-bond donors (Lipinski definition) is 8. The Kier molecular flexibility index (Phi) is 13.9. The van der Waals surface area contributed by atoms with E-state index in [0.717, 1.165) is 4.90 Å². The van der Waals surface area contributed by atoms with Crippen molar-refractivity contribution in [3.63, 3.8) is 0 Å². The van der Waals surface area contributed by atoms with Crippen molar-refractivity contribution in [2.75, 3.05) is 46.4 Å². The van der Waals surface area contributed by atoms with Crippen LogP contribution in [0.2, 0.25) is 0 Å². The molecule has 2 saturated heterocycles. The lowest BCUT2D eigenvalue weighted by Crippen LogP contribution is -2.56. The summed E-state index contributed by atoms with van der Waals surface area (Å²) in [5.41, 5.74) is -5.20. The minimum atomic E-state index is -5.23. The summed E-state index contributed by atoms with van der Waals surface area (Å²) in [5.74, 6) is -13.1. The zero-order chi connectivity index (χ0) is 42.2. The maximum atomic E-state index is 14.0. The van der Waals surface area contributed by atoms with Crippen LogP contribution >= 0.6 is 0 Å². The van der Waals surface area contributed by atoms with E-state index < -0.39 is 133 Å². The third kappa shape index (κ3) is 10.5. The molecule has 0 aromatic carbocycles. The van der Waals surface area contributed by atoms with Crippen LogP contribution < -0.4 is 10.6 Å². The molecule has 2 aliphatic carbocycles. The Morgan fingerprint density at radius 3 is 1.32 bits per heavy atom. The topological polar surface area (TPSA) is 201 Å². The number of carbonyl (C=O) groups is 2. The lowest BCUT2D eigenvalue weighted by atomic mass is 9.60. The first kappa shape index (κ1) is 46.0. The highest BCUT2D eigenvalue weighted by Gasteiger charge is 2.57. The van der Waals surface area contributed by atoms with Crippen molar-refractivity contribution in [2.24, 2.45) is 35.5 Å². The Morgan fingerprint density at radius 1 is 0.661 bits per heavy atom. The number of rotatable bonds is 10. The van der Waals surface area contributed by atoms with E-state index in [0.29, 0.717) is 12.8 Å². The molecule has 0 aromatic heterocycles. The Morgan fingerprint density at radius 2 is 1.00 bits per heavy atom. The van der Waals surface area contributed by atoms with Gasteiger partial charge in [-0.3, -0.25) is 14.5 Å². The highest BCUT2D eigenvalue weighted by Crippen LogP contribution is 2.52. The highest BCUT2D eigenvalue weighted by atomic mass is 19.4. The van der Waals surface area contributed by atoms with E-state index in [-0.39, 0.29) is 50.4 Å². The number of hydrogen-bond acceptors (Lipinski definition) is 11. The molecule has 2 unspecified atom stereocenters. The number of ether oxygens (including phenoxy) is 2. The molecule has 13 nitrogen and oxygen atoms in total. The number of nitrogens with one attached hydrogen (secondary N) is 2. The molecule has 0 bridgehead atoms. The van der Waals surface area contributed by atoms with Gasteiger partial charge in [-0.2, -0.15) is 26.3 Å². The Bertz CT molecular complexity index is 1400. The molecule has 4 aliphatic rings. The van der Waals surface area contributed by atoms with Crippen molar-refractivity contribution in [3.05, 3.63) is 22.7 Å². The van der Waals surface area contributed by atoms with Gasteiger partial charge in [-0.05, 0) is 83.1 Å². The molecule has 0 spiro atoms. The van der Waals surface area contributed by atoms with Crippen LogP contribution in [0.4, 0.5) is 26.3 Å². The molecule has 2 amide bonds. The molecular formula is C37H57F6N3O10. The summed E-state index contributed by atoms with van der Waals surface area (Å²) in [6.45, 7) is 2.56. The van der Waals surface area contributed by atoms with Crippen LogP contribution in [-0.2, 0) is 19.1 Å². The molecule has 0 aromatic rings. The van der Waals surface area contributed by atoms with Crippen LogP contribution in [0.1, 0.15) is 79.1 Å². The normalized spacial score (nSPS) is 37.9. The fourth-order valence-corrected chi connectivity index (χ4v) is 9.39. The third-order valence-corrected chi connectivity index (χ3v) is 12.5. The minimum Gasteiger partial charge on any atom is -0.504 e. The maximum absolute atomic E-state index is 14.0. The lowest BCUT2D eigenvalue weighted by Gasteiger charge is -2.49. The highest BCUT2D eigenvalue weighted by molar-refractivity contribution is 5.81. The maximum Gasteiger partial charge on any atom is 0.448 e. The standard InChI is InChI=1S/C37H57F6N3O10/c1-20-6-8-26(34(53)18-55-32(3,51)12-10-24(20)34)22(30(49)36(38,39)40)14-44-28(47)16-46(5)17-29(48)45-15-23(31(50)37(41,42)43)27-9-7-21(2)25-11-13-33(4,52)56-19-35(25,27)54/h20-21,24-27,49-54H,6-19H2,1-5H3,(H,44,47)(H,45,48)/b30-22-,31-23-/t20-,21-,24+,25+,26+,27+,32?,33?,34-,35-/m1/s1. The molecule has 0 radical (unpaired) electrons. The summed E-state index contributed by atoms with van der Waals surface area (Å²) in [5, 5.41) is 70.1. The first-order chi connectivity index (χ1) is 25.6. The number of alkyl halides is 6. The Labute approximate surface area is 322 Å². The number of aliphatic hydroxyl groups is 6. The quantitative estimate of drug-likeness (QED) is 0.118. The van der Waals surface area contributed by atoms with E-state index in [9.17, 15) is 66.6 Å². The van der Waals surface area contributed by atoms with Crippen molar-refractivity contribution in [1.82, 2.24) is 15.5 Å². The second-order valence-corrected chi connectivity index (χ2v) is 16.9. The van der Waals surface area contributed by atoms with Crippen molar-refractivity contribution in [2.45, 2.75) is 114 Å². The van der Waals surface area contributed by atoms with Crippen LogP contribution in [0.5, 0.6) is 0 Å². The summed E-state index contributed by atoms with van der Waals surface area (Å²) < 4.78 is 94.7. The number of nitrogens with zero attached hydrogens (tertiary/aromatic N) is 1. The van der Waals surface area contributed by atoms with Gasteiger partial charge < -0.3 is 50.7 Å². The summed E-state index contributed by atoms with van der Waals surface area (Å²) in [6, 6.07) is 0. The summed E-state index contributed by atoms with van der Waals surface area (Å²) in [4.78, 5) is 27.1. The molecule has 56 heavy (non-hydrogen) atoms. The lowest BCUT2D eigenvalue weighted by molar-refractivity contribution is -0.223. The molecule has 19 heteroatoms. The number of fused-ring (bicyclic) bond motifs is 2. The molecule has 2 saturated carbocycles. The van der Waals surface area contributed by atoms with E-state index in [2.05, 4.69) is 10.6 Å². The monoisotopic (exact) mass is 817 g/mol. The average molecular weight is 818 g/mol. The predicted molar refractivity (Wildman–Crippen MR) is 187 cm³/mol. The molecule has 2 heterocycles. The van der Waals surface area contributed by atoms with Gasteiger partial charge in [0.2, 0.25) is 11.8 Å². The van der Waals surface area contributed by atoms with E-state index >= 15 is 0 Å². The van der Waals surface area contributed by atoms with Gasteiger partial charge in [-0.15, -0.1) is 0 Å². The summed E-state index contributed by atoms with van der Waals surface area (Å²) >= 11 is 0. The van der Waals surface area contributed by atoms with Gasteiger partial charge in [-0.1, -0.05) is 13.8 Å². The summed E-state index contributed by atoms with van der Waals surface area (Å²) in [6.07, 6.45) is -9.00. The first-order valence-corrected chi connectivity index (χ1v) is 19.0. The van der Waals surface area contributed by atoms with Gasteiger partial charge in [0.05, 0.1) is 37.5 Å². The van der Waals surface area contributed by atoms with Crippen LogP contribution in [-0.4, -0.2) is 129 Å². The Balaban J connectivity index is 1.44. The van der Waals surface area contributed by atoms with Gasteiger partial charge in [0, 0.05) is 48.9 Å². The van der Waals surface area contributed by atoms with E-state index in [4.69, 9.17) is 9.47 Å². The Hall–Kier alpha value is -2.68. The third-order valence-electron chi connectivity index (χ3n) is 12.5. The molecule has 322 valence electrons. The van der Waals surface area contributed by atoms with Gasteiger partial charge in [0.25, 0.3) is 0 Å². The van der Waals surface area contributed by atoms with Gasteiger partial charge in [0.15, 0.2) is 23.1 Å².